The molecule has 4 rings (SSSR count). The molecule has 1 aliphatic heterocycles. The molecule has 0 aliphatic carbocycles. The number of nitrogens with one attached hydrogen (secondary N) is 1. The lowest BCUT2D eigenvalue weighted by Gasteiger charge is -2.12. The number of rotatable bonds is 9. The molecule has 8 nitrogen and oxygen atoms in total. The minimum absolute atomic E-state index is 0.0802. The van der Waals surface area contributed by atoms with Crippen LogP contribution in [0.5, 0.6) is 0 Å². The highest BCUT2D eigenvalue weighted by atomic mass is 16.1. The van der Waals surface area contributed by atoms with E-state index in [0.29, 0.717) is 42.2 Å². The number of aryl methyl sites for hydroxylation is 2. The topological polar surface area (TPSA) is 93.7 Å². The van der Waals surface area contributed by atoms with Crippen LogP contribution in [0.2, 0.25) is 0 Å². The first kappa shape index (κ1) is 20.0. The number of benzene rings is 1. The van der Waals surface area contributed by atoms with Gasteiger partial charge in [0.1, 0.15) is 5.82 Å². The SMILES string of the molecule is CCCCCn1c2c(c(=O)n3c(CNC(=O)CCc4ccccc4)nnc13)CC=N2. The number of nitrogens with zero attached hydrogens (tertiary/aromatic N) is 5. The molecule has 0 bridgehead atoms. The maximum Gasteiger partial charge on any atom is 0.266 e. The maximum atomic E-state index is 13.0. The molecule has 30 heavy (non-hydrogen) atoms. The highest BCUT2D eigenvalue weighted by Gasteiger charge is 2.22. The minimum atomic E-state index is -0.150. The fourth-order valence-electron chi connectivity index (χ4n) is 3.74. The van der Waals surface area contributed by atoms with Crippen LogP contribution in [0, 0.1) is 0 Å². The zero-order chi connectivity index (χ0) is 20.9. The van der Waals surface area contributed by atoms with E-state index in [0.717, 1.165) is 31.4 Å². The molecule has 0 saturated carbocycles. The van der Waals surface area contributed by atoms with Crippen molar-refractivity contribution in [1.29, 1.82) is 0 Å². The Kier molecular flexibility index (Phi) is 6.02. The van der Waals surface area contributed by atoms with Crippen LogP contribution in [0.15, 0.2) is 40.1 Å². The molecule has 8 heteroatoms. The molecule has 2 aromatic heterocycles. The normalized spacial score (nSPS) is 12.4. The van der Waals surface area contributed by atoms with Gasteiger partial charge in [-0.2, -0.15) is 0 Å². The molecule has 1 N–H and O–H groups in total. The van der Waals surface area contributed by atoms with Crippen molar-refractivity contribution in [2.75, 3.05) is 0 Å². The van der Waals surface area contributed by atoms with E-state index >= 15 is 0 Å². The minimum Gasteiger partial charge on any atom is -0.349 e. The molecule has 3 aromatic rings. The summed E-state index contributed by atoms with van der Waals surface area (Å²) in [6.45, 7) is 3.05. The van der Waals surface area contributed by atoms with Crippen molar-refractivity contribution in [3.05, 3.63) is 57.6 Å². The van der Waals surface area contributed by atoms with Crippen molar-refractivity contribution >= 4 is 23.7 Å². The van der Waals surface area contributed by atoms with Crippen LogP contribution in [0.25, 0.3) is 5.78 Å². The molecule has 1 aliphatic rings. The zero-order valence-electron chi connectivity index (χ0n) is 17.2. The monoisotopic (exact) mass is 406 g/mol. The van der Waals surface area contributed by atoms with Gasteiger partial charge in [0, 0.05) is 25.6 Å². The molecule has 0 fully saturated rings. The summed E-state index contributed by atoms with van der Waals surface area (Å²) in [5.74, 6) is 1.54. The predicted octanol–water partition coefficient (Wildman–Crippen LogP) is 2.59. The largest absolute Gasteiger partial charge is 0.349 e. The Balaban J connectivity index is 1.52. The third-order valence-corrected chi connectivity index (χ3v) is 5.36. The van der Waals surface area contributed by atoms with Crippen LogP contribution in [0.1, 0.15) is 49.6 Å². The van der Waals surface area contributed by atoms with Gasteiger partial charge in [0.05, 0.1) is 12.1 Å². The molecule has 3 heterocycles. The Labute approximate surface area is 174 Å². The standard InChI is InChI=1S/C22H26N6O2/c1-2-3-7-14-27-20-17(12-13-23-20)21(30)28-18(25-26-22(27)28)15-24-19(29)11-10-16-8-5-4-6-9-16/h4-6,8-9,13H,2-3,7,10-12,14-15H2,1H3,(H,24,29). The van der Waals surface area contributed by atoms with E-state index < -0.39 is 0 Å². The van der Waals surface area contributed by atoms with E-state index in [2.05, 4.69) is 27.4 Å². The summed E-state index contributed by atoms with van der Waals surface area (Å²) < 4.78 is 3.50. The van der Waals surface area contributed by atoms with Gasteiger partial charge in [-0.3, -0.25) is 14.2 Å². The van der Waals surface area contributed by atoms with Crippen LogP contribution in [-0.2, 0) is 30.7 Å². The highest BCUT2D eigenvalue weighted by Crippen LogP contribution is 2.24. The van der Waals surface area contributed by atoms with E-state index in [-0.39, 0.29) is 18.0 Å². The predicted molar refractivity (Wildman–Crippen MR) is 115 cm³/mol. The maximum absolute atomic E-state index is 13.0. The van der Waals surface area contributed by atoms with Crippen LogP contribution in [0.3, 0.4) is 0 Å². The van der Waals surface area contributed by atoms with Gasteiger partial charge >= 0.3 is 0 Å². The Bertz CT molecular complexity index is 1130. The number of hydrogen-bond donors (Lipinski definition) is 1. The zero-order valence-corrected chi connectivity index (χ0v) is 17.2. The van der Waals surface area contributed by atoms with Crippen LogP contribution < -0.4 is 10.9 Å². The van der Waals surface area contributed by atoms with E-state index in [9.17, 15) is 9.59 Å². The van der Waals surface area contributed by atoms with Crippen molar-refractivity contribution < 1.29 is 4.79 Å². The van der Waals surface area contributed by atoms with E-state index in [1.807, 2.05) is 34.9 Å². The Morgan fingerprint density at radius 3 is 2.80 bits per heavy atom. The third kappa shape index (κ3) is 4.03. The first-order chi connectivity index (χ1) is 14.7. The Morgan fingerprint density at radius 1 is 1.17 bits per heavy atom. The molecular weight excluding hydrogens is 380 g/mol. The number of aliphatic imine (C=N–C) groups is 1. The molecule has 1 aromatic carbocycles. The Hall–Kier alpha value is -3.29. The van der Waals surface area contributed by atoms with Gasteiger partial charge in [-0.1, -0.05) is 50.1 Å². The van der Waals surface area contributed by atoms with Gasteiger partial charge in [0.15, 0.2) is 5.82 Å². The van der Waals surface area contributed by atoms with Crippen molar-refractivity contribution in [3.63, 3.8) is 0 Å². The van der Waals surface area contributed by atoms with Crippen molar-refractivity contribution in [1.82, 2.24) is 24.5 Å². The molecule has 1 amide bonds. The molecule has 0 spiro atoms. The number of unbranched alkanes of at least 4 members (excludes halogenated alkanes) is 2. The number of hydrogen-bond acceptors (Lipinski definition) is 5. The first-order valence-corrected chi connectivity index (χ1v) is 10.5. The average Bonchev–Trinajstić information content (AvgIpc) is 3.42. The second kappa shape index (κ2) is 9.02. The summed E-state index contributed by atoms with van der Waals surface area (Å²) in [7, 11) is 0. The number of fused-ring (bicyclic) bond motifs is 2. The van der Waals surface area contributed by atoms with E-state index in [1.165, 1.54) is 4.40 Å². The third-order valence-electron chi connectivity index (χ3n) is 5.36. The van der Waals surface area contributed by atoms with Crippen molar-refractivity contribution in [2.24, 2.45) is 4.99 Å². The number of carbonyl (C=O) groups is 1. The second-order valence-corrected chi connectivity index (χ2v) is 7.50. The number of aromatic nitrogens is 4. The molecule has 0 saturated heterocycles. The lowest BCUT2D eigenvalue weighted by atomic mass is 10.1. The smallest absolute Gasteiger partial charge is 0.266 e. The lowest BCUT2D eigenvalue weighted by molar-refractivity contribution is -0.121. The quantitative estimate of drug-likeness (QED) is 0.553. The summed E-state index contributed by atoms with van der Waals surface area (Å²) in [4.78, 5) is 29.7. The summed E-state index contributed by atoms with van der Waals surface area (Å²) in [6, 6.07) is 9.88. The van der Waals surface area contributed by atoms with Gasteiger partial charge < -0.3 is 5.32 Å². The fraction of sp³-hybridized carbons (Fsp3) is 0.409. The van der Waals surface area contributed by atoms with Crippen molar-refractivity contribution in [3.8, 4) is 0 Å². The number of amides is 1. The van der Waals surface area contributed by atoms with Crippen LogP contribution in [0.4, 0.5) is 5.82 Å². The van der Waals surface area contributed by atoms with Crippen LogP contribution >= 0.6 is 0 Å². The van der Waals surface area contributed by atoms with Gasteiger partial charge in [0.2, 0.25) is 11.7 Å². The summed E-state index contributed by atoms with van der Waals surface area (Å²) >= 11 is 0. The van der Waals surface area contributed by atoms with Gasteiger partial charge in [-0.15, -0.1) is 10.2 Å². The summed E-state index contributed by atoms with van der Waals surface area (Å²) in [5, 5.41) is 11.3. The van der Waals surface area contributed by atoms with Crippen molar-refractivity contribution in [2.45, 2.75) is 58.5 Å². The molecular formula is C22H26N6O2. The first-order valence-electron chi connectivity index (χ1n) is 10.5. The van der Waals surface area contributed by atoms with Gasteiger partial charge in [-0.05, 0) is 18.4 Å². The second-order valence-electron chi connectivity index (χ2n) is 7.50. The summed E-state index contributed by atoms with van der Waals surface area (Å²) in [6.07, 6.45) is 6.51. The van der Waals surface area contributed by atoms with Gasteiger partial charge in [-0.25, -0.2) is 9.39 Å². The fourth-order valence-corrected chi connectivity index (χ4v) is 3.74. The highest BCUT2D eigenvalue weighted by molar-refractivity contribution is 5.76. The lowest BCUT2D eigenvalue weighted by Crippen LogP contribution is -2.28. The van der Waals surface area contributed by atoms with Crippen LogP contribution in [-0.4, -0.2) is 31.3 Å². The Morgan fingerprint density at radius 2 is 2.00 bits per heavy atom. The summed E-state index contributed by atoms with van der Waals surface area (Å²) in [5.41, 5.74) is 1.63. The molecule has 0 unspecified atom stereocenters. The van der Waals surface area contributed by atoms with Gasteiger partial charge in [0.25, 0.3) is 5.56 Å². The number of carbonyl (C=O) groups excluding carboxylic acids is 1. The molecule has 0 atom stereocenters. The molecule has 0 radical (unpaired) electrons. The average molecular weight is 406 g/mol. The van der Waals surface area contributed by atoms with E-state index in [1.54, 1.807) is 6.21 Å². The molecule has 156 valence electrons. The van der Waals surface area contributed by atoms with E-state index in [4.69, 9.17) is 0 Å².